The molecule has 1 amide bonds. The molecule has 234 valence electrons. The lowest BCUT2D eigenvalue weighted by Crippen LogP contribution is -2.65. The van der Waals surface area contributed by atoms with Gasteiger partial charge in [-0.05, 0) is 86.8 Å². The highest BCUT2D eigenvalue weighted by Crippen LogP contribution is 2.71. The fourth-order valence-corrected chi connectivity index (χ4v) is 8.14. The standard InChI is InChI=1S/C33H38F3N5O3/c1-29(2,3)27-39-26(40-44-27)32-9-6-30(7-10-32,8-11-32)20-41(25(42)13-31-17-33(36,18-31)19-31)22-12-21(14-37-15-22)24-5-4-23(16-38-24)43-28(34)35/h4-5,12,14-16,28H,6-11,13,17-20H2,1-3H3. The Bertz CT molecular complexity index is 1520. The van der Waals surface area contributed by atoms with Crippen molar-refractivity contribution in [1.82, 2.24) is 20.1 Å². The smallest absolute Gasteiger partial charge is 0.387 e. The molecule has 11 heteroatoms. The molecule has 0 spiro atoms. The van der Waals surface area contributed by atoms with Crippen LogP contribution in [-0.4, -0.2) is 44.8 Å². The molecule has 3 aromatic heterocycles. The molecular weight excluding hydrogens is 571 g/mol. The van der Waals surface area contributed by atoms with Gasteiger partial charge in [0.2, 0.25) is 11.8 Å². The second kappa shape index (κ2) is 10.0. The number of alkyl halides is 3. The van der Waals surface area contributed by atoms with Crippen LogP contribution in [0.4, 0.5) is 18.9 Å². The summed E-state index contributed by atoms with van der Waals surface area (Å²) in [4.78, 5) is 29.5. The van der Waals surface area contributed by atoms with E-state index in [4.69, 9.17) is 9.51 Å². The number of halogens is 3. The van der Waals surface area contributed by atoms with Crippen LogP contribution in [-0.2, 0) is 15.6 Å². The molecule has 9 rings (SSSR count). The zero-order valence-corrected chi connectivity index (χ0v) is 25.4. The van der Waals surface area contributed by atoms with Crippen molar-refractivity contribution in [1.29, 1.82) is 0 Å². The van der Waals surface area contributed by atoms with Crippen molar-refractivity contribution >= 4 is 11.6 Å². The molecule has 6 saturated carbocycles. The van der Waals surface area contributed by atoms with E-state index in [2.05, 4.69) is 40.6 Å². The average Bonchev–Trinajstić information content (AvgIpc) is 3.48. The predicted octanol–water partition coefficient (Wildman–Crippen LogP) is 7.33. The number of aromatic nitrogens is 4. The minimum atomic E-state index is -2.93. The molecule has 0 atom stereocenters. The molecule has 6 fully saturated rings. The molecule has 3 heterocycles. The summed E-state index contributed by atoms with van der Waals surface area (Å²) < 4.78 is 49.7. The van der Waals surface area contributed by atoms with E-state index in [0.29, 0.717) is 55.1 Å². The monoisotopic (exact) mass is 609 g/mol. The maximum absolute atomic E-state index is 14.4. The van der Waals surface area contributed by atoms with Crippen LogP contribution < -0.4 is 9.64 Å². The van der Waals surface area contributed by atoms with Gasteiger partial charge in [0.1, 0.15) is 11.4 Å². The summed E-state index contributed by atoms with van der Waals surface area (Å²) in [6, 6.07) is 4.90. The maximum atomic E-state index is 14.4. The Morgan fingerprint density at radius 2 is 1.73 bits per heavy atom. The fourth-order valence-electron chi connectivity index (χ4n) is 8.14. The fraction of sp³-hybridized carbons (Fsp3) is 0.606. The Morgan fingerprint density at radius 3 is 2.30 bits per heavy atom. The first-order chi connectivity index (χ1) is 20.8. The second-order valence-electron chi connectivity index (χ2n) is 15.0. The van der Waals surface area contributed by atoms with Crippen molar-refractivity contribution < 1.29 is 27.2 Å². The number of hydrogen-bond donors (Lipinski definition) is 0. The summed E-state index contributed by atoms with van der Waals surface area (Å²) in [5.41, 5.74) is 0.177. The van der Waals surface area contributed by atoms with Crippen LogP contribution in [0, 0.1) is 10.8 Å². The first kappa shape index (κ1) is 29.2. The summed E-state index contributed by atoms with van der Waals surface area (Å²) in [5, 5.41) is 4.42. The molecule has 0 radical (unpaired) electrons. The van der Waals surface area contributed by atoms with Crippen LogP contribution in [0.3, 0.4) is 0 Å². The van der Waals surface area contributed by atoms with E-state index in [1.165, 1.54) is 12.3 Å². The number of amides is 1. The molecule has 0 N–H and O–H groups in total. The molecule has 8 nitrogen and oxygen atoms in total. The Hall–Kier alpha value is -3.50. The topological polar surface area (TPSA) is 94.2 Å². The van der Waals surface area contributed by atoms with Gasteiger partial charge in [-0.25, -0.2) is 4.39 Å². The van der Waals surface area contributed by atoms with Crippen LogP contribution in [0.2, 0.25) is 0 Å². The minimum Gasteiger partial charge on any atom is -0.433 e. The van der Waals surface area contributed by atoms with Crippen LogP contribution >= 0.6 is 0 Å². The maximum Gasteiger partial charge on any atom is 0.387 e. The van der Waals surface area contributed by atoms with Crippen LogP contribution in [0.15, 0.2) is 41.3 Å². The number of fused-ring (bicyclic) bond motifs is 3. The van der Waals surface area contributed by atoms with E-state index in [-0.39, 0.29) is 33.3 Å². The normalized spacial score (nSPS) is 30.5. The Morgan fingerprint density at radius 1 is 1.02 bits per heavy atom. The van der Waals surface area contributed by atoms with Gasteiger partial charge < -0.3 is 14.2 Å². The summed E-state index contributed by atoms with van der Waals surface area (Å²) >= 11 is 0. The van der Waals surface area contributed by atoms with Gasteiger partial charge in [-0.3, -0.25) is 14.8 Å². The zero-order chi connectivity index (χ0) is 31.0. The molecule has 6 aliphatic carbocycles. The molecule has 0 aromatic carbocycles. The second-order valence-corrected chi connectivity index (χ2v) is 15.0. The number of pyridine rings is 2. The van der Waals surface area contributed by atoms with Crippen LogP contribution in [0.5, 0.6) is 5.75 Å². The molecule has 0 aliphatic heterocycles. The van der Waals surface area contributed by atoms with Crippen LogP contribution in [0.25, 0.3) is 11.3 Å². The third-order valence-electron chi connectivity index (χ3n) is 10.6. The van der Waals surface area contributed by atoms with E-state index in [9.17, 15) is 18.0 Å². The number of anilines is 1. The molecule has 6 aliphatic rings. The molecule has 44 heavy (non-hydrogen) atoms. The lowest BCUT2D eigenvalue weighted by molar-refractivity contribution is -0.215. The summed E-state index contributed by atoms with van der Waals surface area (Å²) in [6.07, 6.45) is 11.9. The van der Waals surface area contributed by atoms with Gasteiger partial charge in [0, 0.05) is 35.6 Å². The third kappa shape index (κ3) is 5.15. The van der Waals surface area contributed by atoms with Crippen LogP contribution in [0.1, 0.15) is 96.7 Å². The van der Waals surface area contributed by atoms with Crippen molar-refractivity contribution in [3.8, 4) is 17.0 Å². The third-order valence-corrected chi connectivity index (χ3v) is 10.6. The van der Waals surface area contributed by atoms with Gasteiger partial charge in [-0.15, -0.1) is 0 Å². The van der Waals surface area contributed by atoms with Crippen molar-refractivity contribution in [2.45, 2.75) is 108 Å². The highest BCUT2D eigenvalue weighted by atomic mass is 19.3. The highest BCUT2D eigenvalue weighted by Gasteiger charge is 2.69. The minimum absolute atomic E-state index is 0.0101. The van der Waals surface area contributed by atoms with Gasteiger partial charge in [0.25, 0.3) is 0 Å². The molecule has 4 bridgehead atoms. The van der Waals surface area contributed by atoms with E-state index in [1.807, 2.05) is 11.0 Å². The average molecular weight is 610 g/mol. The largest absolute Gasteiger partial charge is 0.433 e. The summed E-state index contributed by atoms with van der Waals surface area (Å²) in [7, 11) is 0. The zero-order valence-electron chi connectivity index (χ0n) is 25.4. The Labute approximate surface area is 254 Å². The van der Waals surface area contributed by atoms with E-state index in [0.717, 1.165) is 44.3 Å². The first-order valence-corrected chi connectivity index (χ1v) is 15.5. The van der Waals surface area contributed by atoms with Gasteiger partial charge in [0.15, 0.2) is 5.82 Å². The predicted molar refractivity (Wildman–Crippen MR) is 156 cm³/mol. The quantitative estimate of drug-likeness (QED) is 0.251. The first-order valence-electron chi connectivity index (χ1n) is 15.5. The number of carbonyl (C=O) groups is 1. The Balaban J connectivity index is 1.13. The SMILES string of the molecule is CC(C)(C)c1nc(C23CCC(CN(C(=O)CC45CC(F)(C4)C5)c4cncc(-c5ccc(OC(F)F)cn5)c4)(CC2)CC3)no1. The van der Waals surface area contributed by atoms with E-state index in [1.54, 1.807) is 18.5 Å². The number of ether oxygens (including phenoxy) is 1. The van der Waals surface area contributed by atoms with Gasteiger partial charge in [0.05, 0.1) is 23.8 Å². The van der Waals surface area contributed by atoms with Crippen molar-refractivity contribution in [2.24, 2.45) is 10.8 Å². The van der Waals surface area contributed by atoms with E-state index >= 15 is 0 Å². The van der Waals surface area contributed by atoms with Crippen molar-refractivity contribution in [3.05, 3.63) is 48.5 Å². The summed E-state index contributed by atoms with van der Waals surface area (Å²) in [6.45, 7) is 3.82. The lowest BCUT2D eigenvalue weighted by atomic mass is 9.41. The van der Waals surface area contributed by atoms with Gasteiger partial charge in [-0.2, -0.15) is 13.8 Å². The number of carbonyl (C=O) groups excluding carboxylic acids is 1. The summed E-state index contributed by atoms with van der Waals surface area (Å²) in [5.74, 6) is 1.42. The van der Waals surface area contributed by atoms with Gasteiger partial charge in [-0.1, -0.05) is 25.9 Å². The number of rotatable bonds is 9. The highest BCUT2D eigenvalue weighted by molar-refractivity contribution is 5.94. The van der Waals surface area contributed by atoms with Gasteiger partial charge >= 0.3 is 6.61 Å². The number of nitrogens with zero attached hydrogens (tertiary/aromatic N) is 5. The molecule has 0 unspecified atom stereocenters. The molecular formula is C33H38F3N5O3. The lowest BCUT2D eigenvalue weighted by Gasteiger charge is -2.66. The number of hydrogen-bond acceptors (Lipinski definition) is 7. The van der Waals surface area contributed by atoms with Crippen molar-refractivity contribution in [3.63, 3.8) is 0 Å². The molecule has 0 saturated heterocycles. The van der Waals surface area contributed by atoms with E-state index < -0.39 is 12.3 Å². The van der Waals surface area contributed by atoms with Crippen molar-refractivity contribution in [2.75, 3.05) is 11.4 Å². The molecule has 3 aromatic rings. The Kier molecular flexibility index (Phi) is 6.64.